The number of carbonyl (C=O) groups excluding carboxylic acids is 1. The Balaban J connectivity index is 1.63. The molecule has 0 N–H and O–H groups in total. The van der Waals surface area contributed by atoms with Gasteiger partial charge in [0.25, 0.3) is 0 Å². The second kappa shape index (κ2) is 7.01. The predicted molar refractivity (Wildman–Crippen MR) is 88.7 cm³/mol. The Kier molecular flexibility index (Phi) is 4.83. The van der Waals surface area contributed by atoms with Crippen molar-refractivity contribution in [1.82, 2.24) is 14.9 Å². The van der Waals surface area contributed by atoms with E-state index in [1.807, 2.05) is 35.5 Å². The Hall–Kier alpha value is -1.75. The normalized spacial score (nSPS) is 15.7. The van der Waals surface area contributed by atoms with Crippen molar-refractivity contribution in [3.8, 4) is 10.7 Å². The summed E-state index contributed by atoms with van der Waals surface area (Å²) >= 11 is 1.55. The fourth-order valence-electron chi connectivity index (χ4n) is 2.95. The molecule has 1 aliphatic rings. The van der Waals surface area contributed by atoms with Crippen LogP contribution in [0.25, 0.3) is 10.7 Å². The monoisotopic (exact) mass is 315 g/mol. The number of nitrogens with zero attached hydrogens (tertiary/aromatic N) is 3. The van der Waals surface area contributed by atoms with E-state index in [9.17, 15) is 4.79 Å². The van der Waals surface area contributed by atoms with Gasteiger partial charge in [0.1, 0.15) is 5.01 Å². The molecular formula is C17H21N3OS. The van der Waals surface area contributed by atoms with Crippen LogP contribution in [0, 0.1) is 0 Å². The molecular weight excluding hydrogens is 294 g/mol. The number of hydrogen-bond donors (Lipinski definition) is 0. The standard InChI is InChI=1S/C17H21N3OS/c1-20(14-7-3-2-4-8-14)16(21)11-13-12-22-17(19-13)15-9-5-6-10-18-15/h5-6,9-10,12,14H,2-4,7-8,11H2,1H3. The first kappa shape index (κ1) is 15.2. The molecule has 1 fully saturated rings. The third-order valence-corrected chi connectivity index (χ3v) is 5.20. The van der Waals surface area contributed by atoms with Gasteiger partial charge in [-0.2, -0.15) is 0 Å². The highest BCUT2D eigenvalue weighted by molar-refractivity contribution is 7.13. The Morgan fingerprint density at radius 2 is 2.14 bits per heavy atom. The van der Waals surface area contributed by atoms with E-state index in [0.717, 1.165) is 29.2 Å². The third-order valence-electron chi connectivity index (χ3n) is 4.28. The minimum absolute atomic E-state index is 0.171. The molecule has 2 aromatic rings. The summed E-state index contributed by atoms with van der Waals surface area (Å²) in [5.41, 5.74) is 1.71. The fraction of sp³-hybridized carbons (Fsp3) is 0.471. The van der Waals surface area contributed by atoms with E-state index in [4.69, 9.17) is 0 Å². The predicted octanol–water partition coefficient (Wildman–Crippen LogP) is 3.54. The maximum atomic E-state index is 12.4. The van der Waals surface area contributed by atoms with Crippen LogP contribution in [-0.2, 0) is 11.2 Å². The van der Waals surface area contributed by atoms with Gasteiger partial charge in [-0.05, 0) is 25.0 Å². The summed E-state index contributed by atoms with van der Waals surface area (Å²) < 4.78 is 0. The fourth-order valence-corrected chi connectivity index (χ4v) is 3.74. The topological polar surface area (TPSA) is 46.1 Å². The molecule has 0 unspecified atom stereocenters. The number of thiazole rings is 1. The quantitative estimate of drug-likeness (QED) is 0.867. The van der Waals surface area contributed by atoms with Crippen LogP contribution < -0.4 is 0 Å². The maximum Gasteiger partial charge on any atom is 0.228 e. The zero-order valence-electron chi connectivity index (χ0n) is 12.9. The minimum Gasteiger partial charge on any atom is -0.342 e. The van der Waals surface area contributed by atoms with E-state index in [-0.39, 0.29) is 5.91 Å². The molecule has 0 bridgehead atoms. The number of pyridine rings is 1. The highest BCUT2D eigenvalue weighted by Crippen LogP contribution is 2.24. The van der Waals surface area contributed by atoms with Gasteiger partial charge in [0.15, 0.2) is 0 Å². The van der Waals surface area contributed by atoms with Crippen LogP contribution in [0.1, 0.15) is 37.8 Å². The smallest absolute Gasteiger partial charge is 0.228 e. The van der Waals surface area contributed by atoms with Gasteiger partial charge in [-0.25, -0.2) is 4.98 Å². The summed E-state index contributed by atoms with van der Waals surface area (Å²) in [6.07, 6.45) is 8.20. The molecule has 2 aromatic heterocycles. The van der Waals surface area contributed by atoms with Crippen LogP contribution in [0.3, 0.4) is 0 Å². The molecule has 22 heavy (non-hydrogen) atoms. The van der Waals surface area contributed by atoms with Crippen LogP contribution in [0.5, 0.6) is 0 Å². The highest BCUT2D eigenvalue weighted by atomic mass is 32.1. The van der Waals surface area contributed by atoms with Crippen molar-refractivity contribution in [2.24, 2.45) is 0 Å². The van der Waals surface area contributed by atoms with Gasteiger partial charge < -0.3 is 4.90 Å². The van der Waals surface area contributed by atoms with E-state index in [2.05, 4.69) is 9.97 Å². The van der Waals surface area contributed by atoms with Gasteiger partial charge in [-0.15, -0.1) is 11.3 Å². The second-order valence-electron chi connectivity index (χ2n) is 5.83. The van der Waals surface area contributed by atoms with Gasteiger partial charge in [0, 0.05) is 24.7 Å². The number of hydrogen-bond acceptors (Lipinski definition) is 4. The lowest BCUT2D eigenvalue weighted by Crippen LogP contribution is -2.39. The first-order chi connectivity index (χ1) is 10.7. The highest BCUT2D eigenvalue weighted by Gasteiger charge is 2.22. The lowest BCUT2D eigenvalue weighted by atomic mass is 9.94. The van der Waals surface area contributed by atoms with Gasteiger partial charge in [0.2, 0.25) is 5.91 Å². The van der Waals surface area contributed by atoms with Crippen LogP contribution >= 0.6 is 11.3 Å². The molecule has 1 saturated carbocycles. The average molecular weight is 315 g/mol. The molecule has 5 heteroatoms. The molecule has 4 nitrogen and oxygen atoms in total. The van der Waals surface area contributed by atoms with Crippen LogP contribution in [0.15, 0.2) is 29.8 Å². The summed E-state index contributed by atoms with van der Waals surface area (Å²) in [4.78, 5) is 23.2. The van der Waals surface area contributed by atoms with Crippen molar-refractivity contribution in [3.63, 3.8) is 0 Å². The van der Waals surface area contributed by atoms with Crippen molar-refractivity contribution in [3.05, 3.63) is 35.5 Å². The van der Waals surface area contributed by atoms with Crippen molar-refractivity contribution >= 4 is 17.2 Å². The molecule has 3 rings (SSSR count). The second-order valence-corrected chi connectivity index (χ2v) is 6.69. The Labute approximate surface area is 135 Å². The number of carbonyl (C=O) groups is 1. The number of amides is 1. The summed E-state index contributed by atoms with van der Waals surface area (Å²) in [7, 11) is 1.93. The Morgan fingerprint density at radius 1 is 1.32 bits per heavy atom. The molecule has 0 atom stereocenters. The molecule has 1 aliphatic carbocycles. The molecule has 0 aromatic carbocycles. The molecule has 1 amide bonds. The van der Waals surface area contributed by atoms with Crippen molar-refractivity contribution in [2.45, 2.75) is 44.6 Å². The summed E-state index contributed by atoms with van der Waals surface area (Å²) in [6, 6.07) is 6.19. The molecule has 116 valence electrons. The van der Waals surface area contributed by atoms with E-state index in [1.165, 1.54) is 19.3 Å². The summed E-state index contributed by atoms with van der Waals surface area (Å²) in [6.45, 7) is 0. The molecule has 0 spiro atoms. The number of likely N-dealkylation sites (N-methyl/N-ethyl adjacent to an activating group) is 1. The largest absolute Gasteiger partial charge is 0.342 e. The van der Waals surface area contributed by atoms with Crippen LogP contribution in [-0.4, -0.2) is 33.9 Å². The van der Waals surface area contributed by atoms with E-state index < -0.39 is 0 Å². The van der Waals surface area contributed by atoms with Gasteiger partial charge in [-0.3, -0.25) is 9.78 Å². The number of aromatic nitrogens is 2. The van der Waals surface area contributed by atoms with Crippen molar-refractivity contribution in [1.29, 1.82) is 0 Å². The Morgan fingerprint density at radius 3 is 2.86 bits per heavy atom. The first-order valence-electron chi connectivity index (χ1n) is 7.85. The van der Waals surface area contributed by atoms with E-state index in [0.29, 0.717) is 12.5 Å². The first-order valence-corrected chi connectivity index (χ1v) is 8.73. The van der Waals surface area contributed by atoms with Crippen molar-refractivity contribution in [2.75, 3.05) is 7.05 Å². The van der Waals surface area contributed by atoms with E-state index >= 15 is 0 Å². The Bertz CT molecular complexity index is 620. The van der Waals surface area contributed by atoms with Crippen LogP contribution in [0.4, 0.5) is 0 Å². The third kappa shape index (κ3) is 3.53. The maximum absolute atomic E-state index is 12.4. The average Bonchev–Trinajstić information content (AvgIpc) is 3.04. The van der Waals surface area contributed by atoms with E-state index in [1.54, 1.807) is 17.5 Å². The van der Waals surface area contributed by atoms with Gasteiger partial charge >= 0.3 is 0 Å². The summed E-state index contributed by atoms with van der Waals surface area (Å²) in [5.74, 6) is 0.171. The molecule has 0 aliphatic heterocycles. The molecule has 0 radical (unpaired) electrons. The summed E-state index contributed by atoms with van der Waals surface area (Å²) in [5, 5.41) is 2.85. The lowest BCUT2D eigenvalue weighted by Gasteiger charge is -2.31. The minimum atomic E-state index is 0.171. The van der Waals surface area contributed by atoms with Gasteiger partial charge in [-0.1, -0.05) is 25.3 Å². The number of rotatable bonds is 4. The van der Waals surface area contributed by atoms with Crippen LogP contribution in [0.2, 0.25) is 0 Å². The lowest BCUT2D eigenvalue weighted by molar-refractivity contribution is -0.131. The van der Waals surface area contributed by atoms with Crippen molar-refractivity contribution < 1.29 is 4.79 Å². The zero-order chi connectivity index (χ0) is 15.4. The SMILES string of the molecule is CN(C(=O)Cc1csc(-c2ccccn2)n1)C1CCCCC1. The molecule has 2 heterocycles. The zero-order valence-corrected chi connectivity index (χ0v) is 13.7. The van der Waals surface area contributed by atoms with Gasteiger partial charge in [0.05, 0.1) is 17.8 Å². The molecule has 0 saturated heterocycles.